The summed E-state index contributed by atoms with van der Waals surface area (Å²) in [7, 11) is 0. The first-order chi connectivity index (χ1) is 9.97. The van der Waals surface area contributed by atoms with Crippen LogP contribution >= 0.6 is 0 Å². The molecule has 1 amide bonds. The van der Waals surface area contributed by atoms with Gasteiger partial charge in [-0.15, -0.1) is 0 Å². The zero-order valence-corrected chi connectivity index (χ0v) is 12.2. The molecule has 1 atom stereocenters. The summed E-state index contributed by atoms with van der Waals surface area (Å²) < 4.78 is 10.2. The van der Waals surface area contributed by atoms with Crippen LogP contribution in [0.2, 0.25) is 0 Å². The van der Waals surface area contributed by atoms with Gasteiger partial charge in [0.1, 0.15) is 11.3 Å². The van der Waals surface area contributed by atoms with E-state index in [1.165, 1.54) is 19.3 Å². The van der Waals surface area contributed by atoms with Gasteiger partial charge in [0.05, 0.1) is 6.26 Å². The highest BCUT2D eigenvalue weighted by molar-refractivity contribution is 5.97. The number of carbonyl (C=O) groups excluding carboxylic acids is 2. The van der Waals surface area contributed by atoms with Crippen LogP contribution in [0.5, 0.6) is 0 Å². The van der Waals surface area contributed by atoms with Crippen LogP contribution in [0.4, 0.5) is 5.69 Å². The van der Waals surface area contributed by atoms with E-state index in [0.29, 0.717) is 17.0 Å². The average molecular weight is 287 g/mol. The van der Waals surface area contributed by atoms with Gasteiger partial charge in [0.25, 0.3) is 5.91 Å². The second kappa shape index (κ2) is 6.26. The predicted octanol–water partition coefficient (Wildman–Crippen LogP) is 3.08. The first kappa shape index (κ1) is 14.8. The minimum Gasteiger partial charge on any atom is -0.469 e. The number of aryl methyl sites for hydroxylation is 2. The van der Waals surface area contributed by atoms with Gasteiger partial charge in [0, 0.05) is 5.69 Å². The molecule has 1 unspecified atom stereocenters. The van der Waals surface area contributed by atoms with E-state index in [2.05, 4.69) is 5.32 Å². The Morgan fingerprint density at radius 1 is 1.24 bits per heavy atom. The Morgan fingerprint density at radius 2 is 2.00 bits per heavy atom. The number of hydrogen-bond acceptors (Lipinski definition) is 4. The molecule has 1 aromatic carbocycles. The molecule has 1 heterocycles. The van der Waals surface area contributed by atoms with E-state index in [4.69, 9.17) is 9.15 Å². The van der Waals surface area contributed by atoms with Crippen molar-refractivity contribution in [3.8, 4) is 0 Å². The zero-order chi connectivity index (χ0) is 15.4. The lowest BCUT2D eigenvalue weighted by Gasteiger charge is -2.13. The number of carbonyl (C=O) groups is 2. The summed E-state index contributed by atoms with van der Waals surface area (Å²) in [4.78, 5) is 23.9. The molecule has 5 nitrogen and oxygen atoms in total. The minimum absolute atomic E-state index is 0.324. The molecular weight excluding hydrogens is 270 g/mol. The van der Waals surface area contributed by atoms with Crippen LogP contribution < -0.4 is 5.32 Å². The number of nitrogens with one attached hydrogen (secondary N) is 1. The summed E-state index contributed by atoms with van der Waals surface area (Å²) >= 11 is 0. The summed E-state index contributed by atoms with van der Waals surface area (Å²) in [6.45, 7) is 5.12. The minimum atomic E-state index is -0.896. The quantitative estimate of drug-likeness (QED) is 0.877. The van der Waals surface area contributed by atoms with Crippen molar-refractivity contribution in [1.82, 2.24) is 0 Å². The van der Waals surface area contributed by atoms with Crippen molar-refractivity contribution in [2.75, 3.05) is 5.32 Å². The number of hydrogen-bond donors (Lipinski definition) is 1. The first-order valence-electron chi connectivity index (χ1n) is 6.60. The highest BCUT2D eigenvalue weighted by Gasteiger charge is 2.21. The summed E-state index contributed by atoms with van der Waals surface area (Å²) in [5.74, 6) is -0.491. The molecule has 0 aliphatic heterocycles. The van der Waals surface area contributed by atoms with Crippen LogP contribution in [0.3, 0.4) is 0 Å². The molecule has 0 radical (unpaired) electrons. The molecule has 0 saturated carbocycles. The predicted molar refractivity (Wildman–Crippen MR) is 78.1 cm³/mol. The van der Waals surface area contributed by atoms with Crippen molar-refractivity contribution in [2.45, 2.75) is 26.9 Å². The molecule has 21 heavy (non-hydrogen) atoms. The van der Waals surface area contributed by atoms with Crippen LogP contribution in [0.1, 0.15) is 28.6 Å². The maximum atomic E-state index is 12.0. The number of esters is 1. The number of furan rings is 1. The standard InChI is InChI=1S/C16H17NO4/c1-10-5-4-6-13(9-10)17-15(18)12(3)21-16(19)14-7-8-20-11(14)2/h4-9,12H,1-3H3,(H,17,18). The Morgan fingerprint density at radius 3 is 2.62 bits per heavy atom. The van der Waals surface area contributed by atoms with Crippen molar-refractivity contribution >= 4 is 17.6 Å². The van der Waals surface area contributed by atoms with Crippen molar-refractivity contribution in [1.29, 1.82) is 0 Å². The van der Waals surface area contributed by atoms with E-state index in [1.54, 1.807) is 13.0 Å². The molecule has 0 spiro atoms. The highest BCUT2D eigenvalue weighted by Crippen LogP contribution is 2.13. The molecule has 2 aromatic rings. The fourth-order valence-electron chi connectivity index (χ4n) is 1.84. The maximum Gasteiger partial charge on any atom is 0.342 e. The summed E-state index contributed by atoms with van der Waals surface area (Å²) in [6.07, 6.45) is 0.510. The zero-order valence-electron chi connectivity index (χ0n) is 12.2. The molecule has 0 bridgehead atoms. The molecule has 110 valence electrons. The smallest absolute Gasteiger partial charge is 0.342 e. The third-order valence-corrected chi connectivity index (χ3v) is 3.02. The van der Waals surface area contributed by atoms with Crippen molar-refractivity contribution in [3.05, 3.63) is 53.5 Å². The molecule has 2 rings (SSSR count). The van der Waals surface area contributed by atoms with Gasteiger partial charge in [-0.25, -0.2) is 4.79 Å². The van der Waals surface area contributed by atoms with E-state index in [-0.39, 0.29) is 5.91 Å². The van der Waals surface area contributed by atoms with Crippen molar-refractivity contribution in [2.24, 2.45) is 0 Å². The first-order valence-corrected chi connectivity index (χ1v) is 6.60. The van der Waals surface area contributed by atoms with E-state index in [0.717, 1.165) is 5.56 Å². The highest BCUT2D eigenvalue weighted by atomic mass is 16.5. The van der Waals surface area contributed by atoms with E-state index >= 15 is 0 Å². The van der Waals surface area contributed by atoms with Crippen molar-refractivity contribution < 1.29 is 18.7 Å². The van der Waals surface area contributed by atoms with Crippen LogP contribution in [-0.2, 0) is 9.53 Å². The van der Waals surface area contributed by atoms with Gasteiger partial charge in [-0.05, 0) is 44.5 Å². The molecule has 1 aromatic heterocycles. The second-order valence-electron chi connectivity index (χ2n) is 4.80. The molecular formula is C16H17NO4. The van der Waals surface area contributed by atoms with Gasteiger partial charge < -0.3 is 14.5 Å². The molecule has 0 fully saturated rings. The Kier molecular flexibility index (Phi) is 4.42. The van der Waals surface area contributed by atoms with Crippen LogP contribution in [-0.4, -0.2) is 18.0 Å². The molecule has 0 aliphatic rings. The monoisotopic (exact) mass is 287 g/mol. The van der Waals surface area contributed by atoms with Crippen LogP contribution in [0.15, 0.2) is 41.0 Å². The second-order valence-corrected chi connectivity index (χ2v) is 4.80. The van der Waals surface area contributed by atoms with E-state index < -0.39 is 12.1 Å². The van der Waals surface area contributed by atoms with Crippen molar-refractivity contribution in [3.63, 3.8) is 0 Å². The summed E-state index contributed by atoms with van der Waals surface area (Å²) in [6, 6.07) is 8.91. The average Bonchev–Trinajstić information content (AvgIpc) is 2.85. The Labute approximate surface area is 122 Å². The fraction of sp³-hybridized carbons (Fsp3) is 0.250. The Hall–Kier alpha value is -2.56. The largest absolute Gasteiger partial charge is 0.469 e. The topological polar surface area (TPSA) is 68.5 Å². The lowest BCUT2D eigenvalue weighted by atomic mass is 10.2. The molecule has 0 aliphatic carbocycles. The Balaban J connectivity index is 1.97. The molecule has 1 N–H and O–H groups in total. The van der Waals surface area contributed by atoms with Gasteiger partial charge in [-0.1, -0.05) is 12.1 Å². The van der Waals surface area contributed by atoms with Crippen LogP contribution in [0.25, 0.3) is 0 Å². The van der Waals surface area contributed by atoms with E-state index in [1.807, 2.05) is 25.1 Å². The fourth-order valence-corrected chi connectivity index (χ4v) is 1.84. The third-order valence-electron chi connectivity index (χ3n) is 3.02. The number of benzene rings is 1. The van der Waals surface area contributed by atoms with Gasteiger partial charge >= 0.3 is 5.97 Å². The van der Waals surface area contributed by atoms with Gasteiger partial charge in [-0.3, -0.25) is 4.79 Å². The normalized spacial score (nSPS) is 11.8. The maximum absolute atomic E-state index is 12.0. The van der Waals surface area contributed by atoms with Gasteiger partial charge in [0.15, 0.2) is 6.10 Å². The van der Waals surface area contributed by atoms with Crippen LogP contribution in [0, 0.1) is 13.8 Å². The number of amides is 1. The van der Waals surface area contributed by atoms with E-state index in [9.17, 15) is 9.59 Å². The lowest BCUT2D eigenvalue weighted by Crippen LogP contribution is -2.30. The summed E-state index contributed by atoms with van der Waals surface area (Å²) in [5, 5.41) is 2.71. The number of ether oxygens (including phenoxy) is 1. The summed E-state index contributed by atoms with van der Waals surface area (Å²) in [5.41, 5.74) is 2.03. The van der Waals surface area contributed by atoms with Gasteiger partial charge in [-0.2, -0.15) is 0 Å². The molecule has 0 saturated heterocycles. The Bertz CT molecular complexity index is 660. The SMILES string of the molecule is Cc1cccc(NC(=O)C(C)OC(=O)c2ccoc2C)c1. The molecule has 5 heteroatoms. The third kappa shape index (κ3) is 3.72. The lowest BCUT2D eigenvalue weighted by molar-refractivity contribution is -0.123. The number of rotatable bonds is 4. The number of anilines is 1. The van der Waals surface area contributed by atoms with Gasteiger partial charge in [0.2, 0.25) is 0 Å².